The number of ether oxygens (including phenoxy) is 2. The maximum atomic E-state index is 10.8. The summed E-state index contributed by atoms with van der Waals surface area (Å²) in [6.45, 7) is 0.705. The number of aliphatic hydroxyl groups excluding tert-OH is 4. The molecular weight excluding hydrogens is 482 g/mol. The van der Waals surface area contributed by atoms with Crippen LogP contribution in [0.25, 0.3) is 17.1 Å². The third kappa shape index (κ3) is 4.35. The first-order valence-corrected chi connectivity index (χ1v) is 12.0. The van der Waals surface area contributed by atoms with Gasteiger partial charge in [0.25, 0.3) is 5.95 Å². The summed E-state index contributed by atoms with van der Waals surface area (Å²) in [5.41, 5.74) is 2.06. The lowest BCUT2D eigenvalue weighted by molar-refractivity contribution is -0.0511. The van der Waals surface area contributed by atoms with Gasteiger partial charge in [-0.05, 0) is 12.0 Å². The summed E-state index contributed by atoms with van der Waals surface area (Å²) in [6.07, 6.45) is 0.0345. The van der Waals surface area contributed by atoms with E-state index in [0.717, 1.165) is 12.0 Å². The molecule has 1 unspecified atom stereocenters. The number of aromatic nitrogens is 6. The molecule has 3 aromatic heterocycles. The quantitative estimate of drug-likeness (QED) is 0.225. The monoisotopic (exact) mass is 509 g/mol. The van der Waals surface area contributed by atoms with E-state index >= 15 is 0 Å². The molecule has 2 fully saturated rings. The number of hydrogen-bond donors (Lipinski definition) is 5. The van der Waals surface area contributed by atoms with Crippen molar-refractivity contribution in [3.8, 4) is 5.95 Å². The molecule has 194 valence electrons. The zero-order valence-corrected chi connectivity index (χ0v) is 19.7. The maximum Gasteiger partial charge on any atom is 0.254 e. The third-order valence-electron chi connectivity index (χ3n) is 6.71. The van der Waals surface area contributed by atoms with Crippen LogP contribution in [0.15, 0.2) is 49.1 Å². The number of anilines is 1. The lowest BCUT2D eigenvalue weighted by Crippen LogP contribution is -2.33. The van der Waals surface area contributed by atoms with Crippen LogP contribution >= 0.6 is 0 Å². The van der Waals surface area contributed by atoms with Gasteiger partial charge in [0.1, 0.15) is 24.4 Å². The Morgan fingerprint density at radius 3 is 2.68 bits per heavy atom. The molecule has 5 N–H and O–H groups in total. The summed E-state index contributed by atoms with van der Waals surface area (Å²) >= 11 is 0. The van der Waals surface area contributed by atoms with Crippen molar-refractivity contribution in [3.63, 3.8) is 0 Å². The Bertz CT molecular complexity index is 1370. The summed E-state index contributed by atoms with van der Waals surface area (Å²) in [5, 5.41) is 48.9. The van der Waals surface area contributed by atoms with Gasteiger partial charge in [-0.15, -0.1) is 0 Å². The molecule has 0 bridgehead atoms. The number of nitrogens with one attached hydrogen (secondary N) is 1. The molecule has 0 spiro atoms. The first-order valence-electron chi connectivity index (χ1n) is 12.0. The van der Waals surface area contributed by atoms with Crippen molar-refractivity contribution in [2.24, 2.45) is 0 Å². The molecule has 0 radical (unpaired) electrons. The lowest BCUT2D eigenvalue weighted by atomic mass is 10.1. The van der Waals surface area contributed by atoms with Crippen molar-refractivity contribution < 1.29 is 29.9 Å². The van der Waals surface area contributed by atoms with E-state index in [2.05, 4.69) is 25.4 Å². The highest BCUT2D eigenvalue weighted by molar-refractivity contribution is 5.84. The molecule has 0 aliphatic carbocycles. The number of nitrogens with zero attached hydrogens (tertiary/aromatic N) is 6. The Morgan fingerprint density at radius 2 is 1.95 bits per heavy atom. The highest BCUT2D eigenvalue weighted by Gasteiger charge is 2.44. The topological polar surface area (TPSA) is 173 Å². The predicted molar refractivity (Wildman–Crippen MR) is 129 cm³/mol. The van der Waals surface area contributed by atoms with Gasteiger partial charge in [-0.2, -0.15) is 15.1 Å². The van der Waals surface area contributed by atoms with Crippen LogP contribution < -0.4 is 5.32 Å². The number of hydrogen-bond acceptors (Lipinski definition) is 11. The van der Waals surface area contributed by atoms with Crippen LogP contribution in [0.1, 0.15) is 29.9 Å². The van der Waals surface area contributed by atoms with Crippen LogP contribution in [0.5, 0.6) is 0 Å². The molecule has 2 aliphatic rings. The van der Waals surface area contributed by atoms with E-state index in [-0.39, 0.29) is 12.0 Å². The van der Waals surface area contributed by atoms with Crippen molar-refractivity contribution in [1.29, 1.82) is 0 Å². The van der Waals surface area contributed by atoms with E-state index in [0.29, 0.717) is 35.8 Å². The van der Waals surface area contributed by atoms with Crippen LogP contribution in [0.4, 0.5) is 5.82 Å². The van der Waals surface area contributed by atoms with Gasteiger partial charge in [-0.25, -0.2) is 9.67 Å². The van der Waals surface area contributed by atoms with Crippen molar-refractivity contribution in [3.05, 3.63) is 60.2 Å². The Morgan fingerprint density at radius 1 is 1.11 bits per heavy atom. The molecule has 2 saturated heterocycles. The fourth-order valence-corrected chi connectivity index (χ4v) is 4.66. The molecular formula is C24H27N7O6. The van der Waals surface area contributed by atoms with E-state index in [1.54, 1.807) is 12.4 Å². The van der Waals surface area contributed by atoms with Crippen molar-refractivity contribution in [2.45, 2.75) is 43.1 Å². The smallest absolute Gasteiger partial charge is 0.254 e. The van der Waals surface area contributed by atoms with Crippen LogP contribution in [0, 0.1) is 0 Å². The largest absolute Gasteiger partial charge is 0.394 e. The second-order valence-corrected chi connectivity index (χ2v) is 9.16. The second kappa shape index (κ2) is 9.78. The molecule has 1 aromatic carbocycles. The first-order chi connectivity index (χ1) is 18.0. The zero-order chi connectivity index (χ0) is 25.5. The average molecular weight is 510 g/mol. The highest BCUT2D eigenvalue weighted by atomic mass is 16.6. The number of aliphatic hydroxyl groups is 4. The molecule has 5 heterocycles. The van der Waals surface area contributed by atoms with Gasteiger partial charge in [-0.3, -0.25) is 4.57 Å². The van der Waals surface area contributed by atoms with Gasteiger partial charge in [0.2, 0.25) is 0 Å². The number of imidazole rings is 1. The summed E-state index contributed by atoms with van der Waals surface area (Å²) in [6, 6.07) is 9.26. The standard InChI is InChI=1S/C24H27N7O6/c32-10-16-19(34)20(35)23(37-16)30-12-25-17-21(27-15-6-7-36-11-15)28-24(29-22(17)30)31-9-14(8-26-31)18(33)13-4-2-1-3-5-13/h1-5,8-9,12,15-16,18-20,23,32-35H,6-7,10-11H2,(H,27,28,29)/t15-,16-,18?,19-,20-,23-/m1/s1. The summed E-state index contributed by atoms with van der Waals surface area (Å²) < 4.78 is 14.1. The summed E-state index contributed by atoms with van der Waals surface area (Å²) in [4.78, 5) is 13.8. The second-order valence-electron chi connectivity index (χ2n) is 9.16. The molecule has 13 heteroatoms. The SMILES string of the molecule is OC[C@H]1O[C@@H](n2cnc3c(N[C@@H]4CCOC4)nc(-n4cc(C(O)c5ccccc5)cn4)nc32)[C@H](O)[C@@H]1O. The van der Waals surface area contributed by atoms with Gasteiger partial charge in [0.05, 0.1) is 31.8 Å². The minimum absolute atomic E-state index is 0.0260. The third-order valence-corrected chi connectivity index (χ3v) is 6.71. The minimum atomic E-state index is -1.30. The van der Waals surface area contributed by atoms with Crippen LogP contribution in [0.2, 0.25) is 0 Å². The van der Waals surface area contributed by atoms with Gasteiger partial charge < -0.3 is 35.2 Å². The van der Waals surface area contributed by atoms with E-state index < -0.39 is 37.3 Å². The van der Waals surface area contributed by atoms with Gasteiger partial charge >= 0.3 is 0 Å². The van der Waals surface area contributed by atoms with Gasteiger partial charge in [0, 0.05) is 18.4 Å². The molecule has 4 aromatic rings. The van der Waals surface area contributed by atoms with E-state index in [1.165, 1.54) is 15.6 Å². The number of rotatable bonds is 7. The Hall–Kier alpha value is -3.46. The van der Waals surface area contributed by atoms with Crippen LogP contribution in [0.3, 0.4) is 0 Å². The first kappa shape index (κ1) is 23.9. The van der Waals surface area contributed by atoms with Crippen LogP contribution in [-0.4, -0.2) is 93.9 Å². The lowest BCUT2D eigenvalue weighted by Gasteiger charge is -2.17. The minimum Gasteiger partial charge on any atom is -0.394 e. The highest BCUT2D eigenvalue weighted by Crippen LogP contribution is 2.33. The fraction of sp³-hybridized carbons (Fsp3) is 0.417. The Labute approximate surface area is 211 Å². The van der Waals surface area contributed by atoms with Crippen molar-refractivity contribution in [2.75, 3.05) is 25.1 Å². The van der Waals surface area contributed by atoms with Gasteiger partial charge in [-0.1, -0.05) is 30.3 Å². The van der Waals surface area contributed by atoms with Gasteiger partial charge in [0.15, 0.2) is 23.2 Å². The molecule has 0 amide bonds. The fourth-order valence-electron chi connectivity index (χ4n) is 4.66. The number of benzene rings is 1. The molecule has 6 atom stereocenters. The summed E-state index contributed by atoms with van der Waals surface area (Å²) in [5.74, 6) is 0.649. The van der Waals surface area contributed by atoms with E-state index in [9.17, 15) is 20.4 Å². The molecule has 2 aliphatic heterocycles. The summed E-state index contributed by atoms with van der Waals surface area (Å²) in [7, 11) is 0. The Kier molecular flexibility index (Phi) is 6.32. The van der Waals surface area contributed by atoms with Crippen molar-refractivity contribution in [1.82, 2.24) is 29.3 Å². The normalized spacial score (nSPS) is 26.6. The predicted octanol–water partition coefficient (Wildman–Crippen LogP) is -0.0940. The molecule has 13 nitrogen and oxygen atoms in total. The zero-order valence-electron chi connectivity index (χ0n) is 19.7. The number of fused-ring (bicyclic) bond motifs is 1. The Balaban J connectivity index is 1.41. The van der Waals surface area contributed by atoms with Crippen LogP contribution in [-0.2, 0) is 9.47 Å². The van der Waals surface area contributed by atoms with E-state index in [1.807, 2.05) is 30.3 Å². The molecule has 6 rings (SSSR count). The molecule has 37 heavy (non-hydrogen) atoms. The molecule has 0 saturated carbocycles. The van der Waals surface area contributed by atoms with E-state index in [4.69, 9.17) is 9.47 Å². The van der Waals surface area contributed by atoms with Crippen molar-refractivity contribution >= 4 is 17.0 Å². The maximum absolute atomic E-state index is 10.8. The average Bonchev–Trinajstić information content (AvgIpc) is 3.73.